The number of nitrogens with two attached hydrogens (primary N) is 1. The summed E-state index contributed by atoms with van der Waals surface area (Å²) in [6.07, 6.45) is 1.15. The highest BCUT2D eigenvalue weighted by Gasteiger charge is 2.29. The number of hydrogen-bond donors (Lipinski definition) is 2. The van der Waals surface area contributed by atoms with E-state index in [1.807, 2.05) is 44.3 Å². The molecule has 0 aliphatic carbocycles. The average molecular weight is 206 g/mol. The highest BCUT2D eigenvalue weighted by molar-refractivity contribution is 5.75. The summed E-state index contributed by atoms with van der Waals surface area (Å²) in [5.74, 6) is -0.282. The number of hydrogen-bond acceptors (Lipinski definition) is 2. The largest absolute Gasteiger partial charge is 0.370 e. The zero-order chi connectivity index (χ0) is 11.3. The number of amides is 1. The lowest BCUT2D eigenvalue weighted by Crippen LogP contribution is -2.42. The Morgan fingerprint density at radius 2 is 2.00 bits per heavy atom. The Bertz CT molecular complexity index is 318. The van der Waals surface area contributed by atoms with Crippen LogP contribution in [0.4, 0.5) is 0 Å². The van der Waals surface area contributed by atoms with E-state index < -0.39 is 0 Å². The Morgan fingerprint density at radius 3 is 2.40 bits per heavy atom. The van der Waals surface area contributed by atoms with Gasteiger partial charge in [-0.2, -0.15) is 0 Å². The van der Waals surface area contributed by atoms with Crippen LogP contribution in [0.2, 0.25) is 0 Å². The van der Waals surface area contributed by atoms with E-state index in [2.05, 4.69) is 5.32 Å². The van der Waals surface area contributed by atoms with E-state index in [1.165, 1.54) is 0 Å². The van der Waals surface area contributed by atoms with Crippen LogP contribution in [-0.2, 0) is 10.3 Å². The maximum atomic E-state index is 11.1. The minimum Gasteiger partial charge on any atom is -0.370 e. The molecule has 0 spiro atoms. The van der Waals surface area contributed by atoms with Gasteiger partial charge in [0.15, 0.2) is 0 Å². The molecule has 15 heavy (non-hydrogen) atoms. The smallest absolute Gasteiger partial charge is 0.219 e. The average Bonchev–Trinajstić information content (AvgIpc) is 2.27. The molecule has 0 saturated heterocycles. The van der Waals surface area contributed by atoms with Gasteiger partial charge < -0.3 is 11.1 Å². The van der Waals surface area contributed by atoms with E-state index in [9.17, 15) is 4.79 Å². The van der Waals surface area contributed by atoms with Crippen LogP contribution in [0.25, 0.3) is 0 Å². The molecule has 0 aromatic heterocycles. The third kappa shape index (κ3) is 2.57. The molecule has 1 aromatic rings. The third-order valence-electron chi connectivity index (χ3n) is 2.88. The fourth-order valence-corrected chi connectivity index (χ4v) is 1.90. The van der Waals surface area contributed by atoms with Gasteiger partial charge in [0.1, 0.15) is 0 Å². The molecule has 0 bridgehead atoms. The van der Waals surface area contributed by atoms with Crippen LogP contribution >= 0.6 is 0 Å². The topological polar surface area (TPSA) is 55.1 Å². The predicted octanol–water partition coefficient (Wildman–Crippen LogP) is 1.39. The molecule has 3 N–H and O–H groups in total. The number of carbonyl (C=O) groups is 1. The summed E-state index contributed by atoms with van der Waals surface area (Å²) in [5.41, 5.74) is 6.07. The van der Waals surface area contributed by atoms with Crippen LogP contribution in [0.1, 0.15) is 25.3 Å². The van der Waals surface area contributed by atoms with E-state index >= 15 is 0 Å². The van der Waals surface area contributed by atoms with Crippen molar-refractivity contribution in [2.24, 2.45) is 5.73 Å². The van der Waals surface area contributed by atoms with E-state index in [0.29, 0.717) is 6.42 Å². The van der Waals surface area contributed by atoms with Crippen LogP contribution in [0.15, 0.2) is 30.3 Å². The van der Waals surface area contributed by atoms with E-state index in [-0.39, 0.29) is 11.4 Å². The van der Waals surface area contributed by atoms with E-state index in [4.69, 9.17) is 5.73 Å². The molecule has 0 heterocycles. The summed E-state index contributed by atoms with van der Waals surface area (Å²) < 4.78 is 0. The van der Waals surface area contributed by atoms with Gasteiger partial charge in [-0.3, -0.25) is 4.79 Å². The number of rotatable bonds is 5. The molecule has 0 aliphatic heterocycles. The number of benzene rings is 1. The van der Waals surface area contributed by atoms with Crippen LogP contribution in [0, 0.1) is 0 Å². The first-order chi connectivity index (χ1) is 7.14. The van der Waals surface area contributed by atoms with Crippen LogP contribution in [0.3, 0.4) is 0 Å². The van der Waals surface area contributed by atoms with Crippen molar-refractivity contribution in [3.8, 4) is 0 Å². The normalized spacial score (nSPS) is 14.5. The van der Waals surface area contributed by atoms with Crippen molar-refractivity contribution in [1.29, 1.82) is 0 Å². The van der Waals surface area contributed by atoms with Gasteiger partial charge >= 0.3 is 0 Å². The van der Waals surface area contributed by atoms with Gasteiger partial charge in [-0.1, -0.05) is 37.3 Å². The van der Waals surface area contributed by atoms with Gasteiger partial charge in [-0.25, -0.2) is 0 Å². The van der Waals surface area contributed by atoms with Gasteiger partial charge in [-0.05, 0) is 19.0 Å². The summed E-state index contributed by atoms with van der Waals surface area (Å²) in [6, 6.07) is 9.94. The maximum absolute atomic E-state index is 11.1. The monoisotopic (exact) mass is 206 g/mol. The molecule has 1 amide bonds. The van der Waals surface area contributed by atoms with Gasteiger partial charge in [0.05, 0.1) is 5.54 Å². The summed E-state index contributed by atoms with van der Waals surface area (Å²) in [7, 11) is 1.86. The lowest BCUT2D eigenvalue weighted by molar-refractivity contribution is -0.119. The Kier molecular flexibility index (Phi) is 3.86. The number of nitrogens with one attached hydrogen (secondary N) is 1. The first kappa shape index (κ1) is 11.7. The summed E-state index contributed by atoms with van der Waals surface area (Å²) in [6.45, 7) is 2.05. The SMILES string of the molecule is CCC(CC(N)=O)(NC)c1ccccc1. The van der Waals surface area contributed by atoms with Gasteiger partial charge in [-0.15, -0.1) is 0 Å². The summed E-state index contributed by atoms with van der Waals surface area (Å²) in [4.78, 5) is 11.1. The van der Waals surface area contributed by atoms with Crippen LogP contribution in [-0.4, -0.2) is 13.0 Å². The molecule has 82 valence electrons. The minimum atomic E-state index is -0.326. The second kappa shape index (κ2) is 4.94. The summed E-state index contributed by atoms with van der Waals surface area (Å²) in [5, 5.41) is 3.21. The number of primary amides is 1. The standard InChI is InChI=1S/C12H18N2O/c1-3-12(14-2,9-11(13)15)10-7-5-4-6-8-10/h4-8,14H,3,9H2,1-2H3,(H2,13,15). The minimum absolute atomic E-state index is 0.282. The van der Waals surface area contributed by atoms with Gasteiger partial charge in [0.25, 0.3) is 0 Å². The molecule has 0 radical (unpaired) electrons. The first-order valence-corrected chi connectivity index (χ1v) is 5.17. The zero-order valence-electron chi connectivity index (χ0n) is 9.29. The fourth-order valence-electron chi connectivity index (χ4n) is 1.90. The van der Waals surface area contributed by atoms with Gasteiger partial charge in [0.2, 0.25) is 5.91 Å². The Balaban J connectivity index is 3.05. The molecule has 1 rings (SSSR count). The predicted molar refractivity (Wildman–Crippen MR) is 61.3 cm³/mol. The lowest BCUT2D eigenvalue weighted by Gasteiger charge is -2.32. The maximum Gasteiger partial charge on any atom is 0.219 e. The molecular weight excluding hydrogens is 188 g/mol. The zero-order valence-corrected chi connectivity index (χ0v) is 9.29. The van der Waals surface area contributed by atoms with Crippen molar-refractivity contribution >= 4 is 5.91 Å². The Labute approximate surface area is 90.7 Å². The van der Waals surface area contributed by atoms with Crippen LogP contribution in [0.5, 0.6) is 0 Å². The highest BCUT2D eigenvalue weighted by Crippen LogP contribution is 2.27. The van der Waals surface area contributed by atoms with Crippen molar-refractivity contribution in [3.05, 3.63) is 35.9 Å². The fraction of sp³-hybridized carbons (Fsp3) is 0.417. The molecular formula is C12H18N2O. The van der Waals surface area contributed by atoms with Crippen molar-refractivity contribution in [2.75, 3.05) is 7.05 Å². The molecule has 1 unspecified atom stereocenters. The quantitative estimate of drug-likeness (QED) is 0.765. The molecule has 3 heteroatoms. The van der Waals surface area contributed by atoms with Gasteiger partial charge in [0, 0.05) is 6.42 Å². The molecule has 0 fully saturated rings. The van der Waals surface area contributed by atoms with Crippen molar-refractivity contribution in [3.63, 3.8) is 0 Å². The first-order valence-electron chi connectivity index (χ1n) is 5.17. The Hall–Kier alpha value is -1.35. The number of carbonyl (C=O) groups excluding carboxylic acids is 1. The molecule has 0 saturated carbocycles. The second-order valence-corrected chi connectivity index (χ2v) is 3.69. The highest BCUT2D eigenvalue weighted by atomic mass is 16.1. The van der Waals surface area contributed by atoms with E-state index in [0.717, 1.165) is 12.0 Å². The summed E-state index contributed by atoms with van der Waals surface area (Å²) >= 11 is 0. The lowest BCUT2D eigenvalue weighted by atomic mass is 9.84. The van der Waals surface area contributed by atoms with Crippen molar-refractivity contribution in [1.82, 2.24) is 5.32 Å². The van der Waals surface area contributed by atoms with Crippen LogP contribution < -0.4 is 11.1 Å². The molecule has 3 nitrogen and oxygen atoms in total. The second-order valence-electron chi connectivity index (χ2n) is 3.69. The molecule has 0 aliphatic rings. The third-order valence-corrected chi connectivity index (χ3v) is 2.88. The van der Waals surface area contributed by atoms with Crippen molar-refractivity contribution in [2.45, 2.75) is 25.3 Å². The molecule has 1 aromatic carbocycles. The van der Waals surface area contributed by atoms with Crippen molar-refractivity contribution < 1.29 is 4.79 Å². The Morgan fingerprint density at radius 1 is 1.40 bits per heavy atom. The molecule has 1 atom stereocenters. The van der Waals surface area contributed by atoms with E-state index in [1.54, 1.807) is 0 Å².